The Hall–Kier alpha value is -1.40. The molecule has 0 radical (unpaired) electrons. The molecule has 96 valence electrons. The van der Waals surface area contributed by atoms with Gasteiger partial charge >= 0.3 is 0 Å². The second kappa shape index (κ2) is 5.49. The van der Waals surface area contributed by atoms with Crippen LogP contribution in [0.4, 0.5) is 4.39 Å². The van der Waals surface area contributed by atoms with Gasteiger partial charge in [0.2, 0.25) is 0 Å². The van der Waals surface area contributed by atoms with Crippen molar-refractivity contribution in [3.05, 3.63) is 34.4 Å². The number of H-pyrrole nitrogens is 1. The largest absolute Gasteiger partial charge is 0.494 e. The Balaban J connectivity index is 2.44. The van der Waals surface area contributed by atoms with Crippen LogP contribution in [-0.2, 0) is 6.54 Å². The van der Waals surface area contributed by atoms with Gasteiger partial charge in [-0.05, 0) is 41.2 Å². The van der Waals surface area contributed by atoms with E-state index in [1.807, 2.05) is 7.05 Å². The Morgan fingerprint density at radius 2 is 2.28 bits per heavy atom. The van der Waals surface area contributed by atoms with Crippen LogP contribution < -0.4 is 10.1 Å². The summed E-state index contributed by atoms with van der Waals surface area (Å²) >= 11 is 3.28. The molecule has 0 aliphatic carbocycles. The summed E-state index contributed by atoms with van der Waals surface area (Å²) < 4.78 is 19.2. The average Bonchev–Trinajstić information content (AvgIpc) is 2.71. The van der Waals surface area contributed by atoms with E-state index in [1.165, 1.54) is 13.2 Å². The molecule has 4 nitrogen and oxygen atoms in total. The molecule has 2 rings (SSSR count). The van der Waals surface area contributed by atoms with Gasteiger partial charge < -0.3 is 15.0 Å². The highest BCUT2D eigenvalue weighted by molar-refractivity contribution is 9.10. The highest BCUT2D eigenvalue weighted by Gasteiger charge is 2.12. The van der Waals surface area contributed by atoms with Gasteiger partial charge in [-0.1, -0.05) is 0 Å². The van der Waals surface area contributed by atoms with Gasteiger partial charge in [-0.15, -0.1) is 0 Å². The number of aromatic amines is 1. The Labute approximate surface area is 113 Å². The van der Waals surface area contributed by atoms with E-state index in [1.54, 1.807) is 12.1 Å². The van der Waals surface area contributed by atoms with Crippen molar-refractivity contribution in [3.63, 3.8) is 0 Å². The molecular formula is C12H13BrFN3O. The standard InChI is InChI=1S/C12H13BrFN3O/c1-15-6-9-11(17-12(13)16-9)7-3-4-10(18-2)8(14)5-7/h3-5,15H,6H2,1-2H3,(H,16,17). The van der Waals surface area contributed by atoms with Crippen molar-refractivity contribution in [2.24, 2.45) is 0 Å². The molecule has 1 aromatic carbocycles. The summed E-state index contributed by atoms with van der Waals surface area (Å²) in [5.41, 5.74) is 2.33. The number of aromatic nitrogens is 2. The molecule has 0 fully saturated rings. The quantitative estimate of drug-likeness (QED) is 0.912. The molecule has 0 spiro atoms. The first-order valence-electron chi connectivity index (χ1n) is 5.38. The van der Waals surface area contributed by atoms with Gasteiger partial charge in [-0.3, -0.25) is 0 Å². The van der Waals surface area contributed by atoms with Gasteiger partial charge in [0.1, 0.15) is 0 Å². The van der Waals surface area contributed by atoms with E-state index in [0.29, 0.717) is 16.8 Å². The van der Waals surface area contributed by atoms with Crippen LogP contribution in [0.3, 0.4) is 0 Å². The number of nitrogens with one attached hydrogen (secondary N) is 2. The lowest BCUT2D eigenvalue weighted by Gasteiger charge is -2.05. The number of benzene rings is 1. The van der Waals surface area contributed by atoms with Gasteiger partial charge in [0.25, 0.3) is 0 Å². The number of imidazole rings is 1. The van der Waals surface area contributed by atoms with Crippen molar-refractivity contribution in [1.29, 1.82) is 0 Å². The second-order valence-electron chi connectivity index (χ2n) is 3.73. The fourth-order valence-corrected chi connectivity index (χ4v) is 2.15. The van der Waals surface area contributed by atoms with Gasteiger partial charge in [-0.25, -0.2) is 9.37 Å². The fourth-order valence-electron chi connectivity index (χ4n) is 1.73. The predicted molar refractivity (Wildman–Crippen MR) is 71.0 cm³/mol. The molecule has 18 heavy (non-hydrogen) atoms. The summed E-state index contributed by atoms with van der Waals surface area (Å²) in [6, 6.07) is 4.79. The maximum absolute atomic E-state index is 13.7. The maximum atomic E-state index is 13.7. The van der Waals surface area contributed by atoms with E-state index in [-0.39, 0.29) is 5.75 Å². The van der Waals surface area contributed by atoms with E-state index >= 15 is 0 Å². The molecule has 0 atom stereocenters. The van der Waals surface area contributed by atoms with E-state index in [2.05, 4.69) is 31.2 Å². The molecule has 0 bridgehead atoms. The summed E-state index contributed by atoms with van der Waals surface area (Å²) in [6.07, 6.45) is 0. The Kier molecular flexibility index (Phi) is 3.98. The number of hydrogen-bond acceptors (Lipinski definition) is 3. The smallest absolute Gasteiger partial charge is 0.175 e. The van der Waals surface area contributed by atoms with Gasteiger partial charge in [0.05, 0.1) is 18.5 Å². The monoisotopic (exact) mass is 313 g/mol. The molecule has 6 heteroatoms. The van der Waals surface area contributed by atoms with Crippen LogP contribution in [-0.4, -0.2) is 24.1 Å². The zero-order valence-electron chi connectivity index (χ0n) is 10.1. The first kappa shape index (κ1) is 13.0. The zero-order chi connectivity index (χ0) is 13.1. The van der Waals surface area contributed by atoms with Crippen molar-refractivity contribution in [2.75, 3.05) is 14.2 Å². The molecule has 1 heterocycles. The normalized spacial score (nSPS) is 10.7. The van der Waals surface area contributed by atoms with E-state index in [9.17, 15) is 4.39 Å². The number of rotatable bonds is 4. The molecule has 2 aromatic rings. The summed E-state index contributed by atoms with van der Waals surface area (Å²) in [6.45, 7) is 0.627. The lowest BCUT2D eigenvalue weighted by Crippen LogP contribution is -2.06. The summed E-state index contributed by atoms with van der Waals surface area (Å²) in [7, 11) is 3.28. The van der Waals surface area contributed by atoms with Crippen LogP contribution in [0.25, 0.3) is 11.3 Å². The molecule has 0 aliphatic heterocycles. The summed E-state index contributed by atoms with van der Waals surface area (Å²) in [5, 5.41) is 3.03. The van der Waals surface area contributed by atoms with Crippen LogP contribution in [0.15, 0.2) is 22.9 Å². The lowest BCUT2D eigenvalue weighted by molar-refractivity contribution is 0.386. The van der Waals surface area contributed by atoms with Crippen molar-refractivity contribution < 1.29 is 9.13 Å². The number of halogens is 2. The van der Waals surface area contributed by atoms with Crippen molar-refractivity contribution >= 4 is 15.9 Å². The Morgan fingerprint density at radius 3 is 2.89 bits per heavy atom. The van der Waals surface area contributed by atoms with Crippen LogP contribution >= 0.6 is 15.9 Å². The average molecular weight is 314 g/mol. The number of nitrogens with zero attached hydrogens (tertiary/aromatic N) is 1. The third-order valence-electron chi connectivity index (χ3n) is 2.53. The highest BCUT2D eigenvalue weighted by Crippen LogP contribution is 2.27. The summed E-state index contributed by atoms with van der Waals surface area (Å²) in [4.78, 5) is 7.39. The molecule has 2 N–H and O–H groups in total. The van der Waals surface area contributed by atoms with E-state index in [4.69, 9.17) is 4.74 Å². The molecule has 0 saturated heterocycles. The van der Waals surface area contributed by atoms with Crippen molar-refractivity contribution in [3.8, 4) is 17.0 Å². The SMILES string of the molecule is CNCc1[nH]c(Br)nc1-c1ccc(OC)c(F)c1. The zero-order valence-corrected chi connectivity index (χ0v) is 11.6. The minimum atomic E-state index is -0.399. The van der Waals surface area contributed by atoms with Crippen molar-refractivity contribution in [2.45, 2.75) is 6.54 Å². The minimum Gasteiger partial charge on any atom is -0.494 e. The highest BCUT2D eigenvalue weighted by atomic mass is 79.9. The summed E-state index contributed by atoms with van der Waals surface area (Å²) in [5.74, 6) is -0.173. The lowest BCUT2D eigenvalue weighted by atomic mass is 10.1. The van der Waals surface area contributed by atoms with Gasteiger partial charge in [0.15, 0.2) is 16.3 Å². The topological polar surface area (TPSA) is 49.9 Å². The molecule has 0 saturated carbocycles. The Bertz CT molecular complexity index is 556. The number of methoxy groups -OCH3 is 1. The molecule has 0 amide bonds. The molecule has 0 aliphatic rings. The molecular weight excluding hydrogens is 301 g/mol. The van der Waals surface area contributed by atoms with Crippen LogP contribution in [0, 0.1) is 5.82 Å². The second-order valence-corrected chi connectivity index (χ2v) is 4.49. The number of hydrogen-bond donors (Lipinski definition) is 2. The predicted octanol–water partition coefficient (Wildman–Crippen LogP) is 2.71. The first-order valence-corrected chi connectivity index (χ1v) is 6.18. The molecule has 0 unspecified atom stereocenters. The van der Waals surface area contributed by atoms with Crippen LogP contribution in [0.2, 0.25) is 0 Å². The fraction of sp³-hybridized carbons (Fsp3) is 0.250. The van der Waals surface area contributed by atoms with Gasteiger partial charge in [0, 0.05) is 12.1 Å². The number of ether oxygens (including phenoxy) is 1. The minimum absolute atomic E-state index is 0.225. The maximum Gasteiger partial charge on any atom is 0.175 e. The van der Waals surface area contributed by atoms with E-state index in [0.717, 1.165) is 11.4 Å². The van der Waals surface area contributed by atoms with Crippen LogP contribution in [0.5, 0.6) is 5.75 Å². The first-order chi connectivity index (χ1) is 8.65. The molecule has 1 aromatic heterocycles. The van der Waals surface area contributed by atoms with E-state index < -0.39 is 5.82 Å². The van der Waals surface area contributed by atoms with Crippen LogP contribution in [0.1, 0.15) is 5.69 Å². The third kappa shape index (κ3) is 2.54. The Morgan fingerprint density at radius 1 is 1.50 bits per heavy atom. The van der Waals surface area contributed by atoms with Gasteiger partial charge in [-0.2, -0.15) is 0 Å². The third-order valence-corrected chi connectivity index (χ3v) is 2.90. The van der Waals surface area contributed by atoms with Crippen molar-refractivity contribution in [1.82, 2.24) is 15.3 Å².